The van der Waals surface area contributed by atoms with Gasteiger partial charge in [-0.25, -0.2) is 9.36 Å². The van der Waals surface area contributed by atoms with Crippen molar-refractivity contribution in [1.82, 2.24) is 9.13 Å². The number of hydrogen-bond donors (Lipinski definition) is 0. The summed E-state index contributed by atoms with van der Waals surface area (Å²) in [5.74, 6) is 0. The van der Waals surface area contributed by atoms with Gasteiger partial charge in [-0.15, -0.1) is 11.3 Å². The summed E-state index contributed by atoms with van der Waals surface area (Å²) in [4.78, 5) is 28.1. The number of benzene rings is 1. The van der Waals surface area contributed by atoms with E-state index >= 15 is 0 Å². The Bertz CT molecular complexity index is 996. The lowest BCUT2D eigenvalue weighted by molar-refractivity contribution is 0.688. The first-order valence-corrected chi connectivity index (χ1v) is 8.89. The predicted molar refractivity (Wildman–Crippen MR) is 94.0 cm³/mol. The average molecular weight is 326 g/mol. The molecule has 0 aliphatic heterocycles. The summed E-state index contributed by atoms with van der Waals surface area (Å²) in [6, 6.07) is 9.22. The summed E-state index contributed by atoms with van der Waals surface area (Å²) in [7, 11) is 0. The van der Waals surface area contributed by atoms with Crippen molar-refractivity contribution < 1.29 is 0 Å². The lowest BCUT2D eigenvalue weighted by Crippen LogP contribution is -2.38. The molecular formula is C18H18N2O2S. The number of nitrogens with zero attached hydrogens (tertiary/aromatic N) is 2. The van der Waals surface area contributed by atoms with Crippen LogP contribution in [0.25, 0.3) is 15.9 Å². The van der Waals surface area contributed by atoms with Crippen LogP contribution in [0.2, 0.25) is 0 Å². The molecule has 118 valence electrons. The van der Waals surface area contributed by atoms with Crippen molar-refractivity contribution >= 4 is 21.6 Å². The first-order valence-electron chi connectivity index (χ1n) is 8.08. The maximum absolute atomic E-state index is 13.1. The Labute approximate surface area is 137 Å². The third kappa shape index (κ3) is 2.10. The summed E-state index contributed by atoms with van der Waals surface area (Å²) in [6.07, 6.45) is 4.26. The molecule has 0 spiro atoms. The minimum absolute atomic E-state index is 0.166. The number of para-hydroxylation sites is 1. The van der Waals surface area contributed by atoms with Crippen molar-refractivity contribution in [2.75, 3.05) is 0 Å². The Morgan fingerprint density at radius 3 is 2.57 bits per heavy atom. The van der Waals surface area contributed by atoms with E-state index in [1.54, 1.807) is 15.9 Å². The van der Waals surface area contributed by atoms with Crippen molar-refractivity contribution in [2.45, 2.75) is 39.2 Å². The third-order valence-electron chi connectivity index (χ3n) is 4.57. The molecule has 23 heavy (non-hydrogen) atoms. The van der Waals surface area contributed by atoms with E-state index in [0.29, 0.717) is 12.2 Å². The Hall–Kier alpha value is -2.14. The van der Waals surface area contributed by atoms with Crippen LogP contribution in [-0.2, 0) is 19.4 Å². The van der Waals surface area contributed by atoms with Gasteiger partial charge in [0.05, 0.1) is 11.1 Å². The lowest BCUT2D eigenvalue weighted by Gasteiger charge is -2.12. The fourth-order valence-corrected chi connectivity index (χ4v) is 4.89. The Balaban J connectivity index is 2.17. The van der Waals surface area contributed by atoms with Crippen LogP contribution < -0.4 is 11.2 Å². The van der Waals surface area contributed by atoms with Crippen LogP contribution in [0.4, 0.5) is 0 Å². The Morgan fingerprint density at radius 2 is 1.83 bits per heavy atom. The van der Waals surface area contributed by atoms with Crippen molar-refractivity contribution in [2.24, 2.45) is 0 Å². The maximum atomic E-state index is 13.1. The number of aryl methyl sites for hydroxylation is 3. The van der Waals surface area contributed by atoms with Gasteiger partial charge in [-0.3, -0.25) is 9.36 Å². The van der Waals surface area contributed by atoms with Crippen LogP contribution in [-0.4, -0.2) is 9.13 Å². The van der Waals surface area contributed by atoms with E-state index < -0.39 is 0 Å². The lowest BCUT2D eigenvalue weighted by atomic mass is 9.97. The summed E-state index contributed by atoms with van der Waals surface area (Å²) < 4.78 is 3.07. The van der Waals surface area contributed by atoms with Gasteiger partial charge >= 0.3 is 5.69 Å². The molecule has 2 aromatic heterocycles. The first kappa shape index (κ1) is 14.5. The fraction of sp³-hybridized carbons (Fsp3) is 0.333. The predicted octanol–water partition coefficient (Wildman–Crippen LogP) is 3.11. The van der Waals surface area contributed by atoms with Crippen LogP contribution in [0.5, 0.6) is 0 Å². The van der Waals surface area contributed by atoms with E-state index in [1.165, 1.54) is 21.4 Å². The second-order valence-corrected chi connectivity index (χ2v) is 6.98. The van der Waals surface area contributed by atoms with Crippen molar-refractivity contribution in [1.29, 1.82) is 0 Å². The minimum atomic E-state index is -0.241. The number of fused-ring (bicyclic) bond motifs is 3. The van der Waals surface area contributed by atoms with Crippen LogP contribution in [0.1, 0.15) is 30.2 Å². The molecule has 0 saturated carbocycles. The molecule has 4 rings (SSSR count). The van der Waals surface area contributed by atoms with Gasteiger partial charge in [-0.2, -0.15) is 0 Å². The zero-order valence-corrected chi connectivity index (χ0v) is 13.9. The monoisotopic (exact) mass is 326 g/mol. The van der Waals surface area contributed by atoms with E-state index in [4.69, 9.17) is 0 Å². The average Bonchev–Trinajstić information content (AvgIpc) is 2.95. The number of aromatic nitrogens is 2. The first-order chi connectivity index (χ1) is 11.2. The molecule has 0 bridgehead atoms. The molecule has 1 aliphatic rings. The third-order valence-corrected chi connectivity index (χ3v) is 5.88. The van der Waals surface area contributed by atoms with E-state index in [0.717, 1.165) is 29.5 Å². The summed E-state index contributed by atoms with van der Waals surface area (Å²) in [5, 5.41) is 0.759. The van der Waals surface area contributed by atoms with Crippen LogP contribution in [0.3, 0.4) is 0 Å². The Morgan fingerprint density at radius 1 is 1.09 bits per heavy atom. The van der Waals surface area contributed by atoms with E-state index in [9.17, 15) is 9.59 Å². The van der Waals surface area contributed by atoms with Gasteiger partial charge in [0.1, 0.15) is 4.83 Å². The van der Waals surface area contributed by atoms with Gasteiger partial charge in [-0.05, 0) is 50.3 Å². The van der Waals surface area contributed by atoms with Gasteiger partial charge in [0.25, 0.3) is 5.56 Å². The van der Waals surface area contributed by atoms with Gasteiger partial charge in [0.15, 0.2) is 0 Å². The molecule has 0 radical (unpaired) electrons. The molecule has 0 fully saturated rings. The van der Waals surface area contributed by atoms with Gasteiger partial charge in [0, 0.05) is 11.4 Å². The molecule has 1 aromatic carbocycles. The van der Waals surface area contributed by atoms with Gasteiger partial charge < -0.3 is 0 Å². The summed E-state index contributed by atoms with van der Waals surface area (Å²) in [6.45, 7) is 2.53. The summed E-state index contributed by atoms with van der Waals surface area (Å²) in [5.41, 5.74) is 1.41. The standard InChI is InChI=1S/C18H18N2O2S/c1-2-19-17-15(13-10-6-7-11-14(13)23-17)16(21)20(18(19)22)12-8-4-3-5-9-12/h3-5,8-9H,2,6-7,10-11H2,1H3. The van der Waals surface area contributed by atoms with Gasteiger partial charge in [-0.1, -0.05) is 18.2 Å². The van der Waals surface area contributed by atoms with E-state index in [1.807, 2.05) is 37.3 Å². The zero-order valence-electron chi connectivity index (χ0n) is 13.0. The molecule has 0 saturated heterocycles. The molecule has 4 nitrogen and oxygen atoms in total. The van der Waals surface area contributed by atoms with Crippen LogP contribution >= 0.6 is 11.3 Å². The highest BCUT2D eigenvalue weighted by molar-refractivity contribution is 7.18. The number of hydrogen-bond acceptors (Lipinski definition) is 3. The fourth-order valence-electron chi connectivity index (χ4n) is 3.45. The second-order valence-electron chi connectivity index (χ2n) is 5.89. The highest BCUT2D eigenvalue weighted by Crippen LogP contribution is 2.34. The SMILES string of the molecule is CCn1c(=O)n(-c2ccccc2)c(=O)c2c3c(sc21)CCCC3. The molecule has 0 amide bonds. The highest BCUT2D eigenvalue weighted by Gasteiger charge is 2.23. The topological polar surface area (TPSA) is 44.0 Å². The van der Waals surface area contributed by atoms with Crippen molar-refractivity contribution in [3.05, 3.63) is 61.6 Å². The van der Waals surface area contributed by atoms with Crippen molar-refractivity contribution in [3.8, 4) is 5.69 Å². The van der Waals surface area contributed by atoms with Crippen molar-refractivity contribution in [3.63, 3.8) is 0 Å². The van der Waals surface area contributed by atoms with Crippen LogP contribution in [0, 0.1) is 0 Å². The molecule has 3 aromatic rings. The largest absolute Gasteiger partial charge is 0.336 e. The molecule has 5 heteroatoms. The zero-order chi connectivity index (χ0) is 16.0. The maximum Gasteiger partial charge on any atom is 0.336 e. The molecule has 2 heterocycles. The minimum Gasteiger partial charge on any atom is -0.284 e. The van der Waals surface area contributed by atoms with E-state index in [2.05, 4.69) is 0 Å². The molecule has 0 N–H and O–H groups in total. The second kappa shape index (κ2) is 5.49. The molecule has 0 unspecified atom stereocenters. The highest BCUT2D eigenvalue weighted by atomic mass is 32.1. The molecule has 0 atom stereocenters. The van der Waals surface area contributed by atoms with Gasteiger partial charge in [0.2, 0.25) is 0 Å². The normalized spacial score (nSPS) is 14.1. The quantitative estimate of drug-likeness (QED) is 0.726. The summed E-state index contributed by atoms with van der Waals surface area (Å²) >= 11 is 1.63. The molecular weight excluding hydrogens is 308 g/mol. The van der Waals surface area contributed by atoms with Crippen LogP contribution in [0.15, 0.2) is 39.9 Å². The smallest absolute Gasteiger partial charge is 0.284 e. The number of rotatable bonds is 2. The van der Waals surface area contributed by atoms with E-state index in [-0.39, 0.29) is 11.2 Å². The number of thiophene rings is 1. The molecule has 1 aliphatic carbocycles. The Kier molecular flexibility index (Phi) is 3.45.